The van der Waals surface area contributed by atoms with E-state index >= 15 is 0 Å². The Morgan fingerprint density at radius 2 is 1.92 bits per heavy atom. The van der Waals surface area contributed by atoms with E-state index < -0.39 is 0 Å². The minimum absolute atomic E-state index is 0.0550. The Labute approximate surface area is 224 Å². The maximum absolute atomic E-state index is 13.7. The van der Waals surface area contributed by atoms with Crippen molar-refractivity contribution >= 4 is 49.4 Å². The molecule has 2 aliphatic rings. The lowest BCUT2D eigenvalue weighted by Crippen LogP contribution is -2.53. The van der Waals surface area contributed by atoms with E-state index in [0.29, 0.717) is 24.1 Å². The molecule has 2 bridgehead atoms. The number of hydrogen-bond donors (Lipinski definition) is 2. The standard InChI is InChI=1S/C27H33BrN4O3S/c1-3-11-29-25(33)19-12-17-5-4-6-18(13-19)23(17)30-26(34)21-14-22-24(31-27(28)36-22)32(21)15-16-7-9-20(35-2)10-8-16/h7-10,14,17-19,23H,3-6,11-13,15H2,1-2H3,(H,29,33)(H,30,34)/t17-,18+,19?,23?. The third-order valence-corrected chi connectivity index (χ3v) is 9.16. The van der Waals surface area contributed by atoms with Gasteiger partial charge in [0.15, 0.2) is 9.56 Å². The van der Waals surface area contributed by atoms with Gasteiger partial charge >= 0.3 is 0 Å². The van der Waals surface area contributed by atoms with Crippen LogP contribution in [0, 0.1) is 17.8 Å². The van der Waals surface area contributed by atoms with E-state index in [9.17, 15) is 9.59 Å². The van der Waals surface area contributed by atoms with Crippen LogP contribution < -0.4 is 15.4 Å². The Morgan fingerprint density at radius 3 is 2.58 bits per heavy atom. The molecule has 2 saturated carbocycles. The Kier molecular flexibility index (Phi) is 7.67. The number of thiazole rings is 1. The first-order valence-corrected chi connectivity index (χ1v) is 14.4. The van der Waals surface area contributed by atoms with Crippen molar-refractivity contribution < 1.29 is 14.3 Å². The lowest BCUT2D eigenvalue weighted by Gasteiger charge is -2.45. The molecule has 9 heteroatoms. The van der Waals surface area contributed by atoms with Gasteiger partial charge in [-0.1, -0.05) is 25.5 Å². The minimum atomic E-state index is -0.0550. The van der Waals surface area contributed by atoms with Crippen LogP contribution in [0.15, 0.2) is 34.2 Å². The molecule has 2 aromatic heterocycles. The number of fused-ring (bicyclic) bond motifs is 3. The Hall–Kier alpha value is -2.39. The molecule has 4 atom stereocenters. The van der Waals surface area contributed by atoms with E-state index in [-0.39, 0.29) is 23.8 Å². The third kappa shape index (κ3) is 5.18. The maximum Gasteiger partial charge on any atom is 0.268 e. The number of benzene rings is 1. The van der Waals surface area contributed by atoms with Crippen LogP contribution in [0.2, 0.25) is 0 Å². The number of ether oxygens (including phenoxy) is 1. The zero-order chi connectivity index (χ0) is 25.2. The number of aromatic nitrogens is 2. The summed E-state index contributed by atoms with van der Waals surface area (Å²) in [5.74, 6) is 1.68. The third-order valence-electron chi connectivity index (χ3n) is 7.71. The first-order chi connectivity index (χ1) is 17.5. The summed E-state index contributed by atoms with van der Waals surface area (Å²) in [6.07, 6.45) is 5.96. The van der Waals surface area contributed by atoms with Gasteiger partial charge < -0.3 is 19.9 Å². The number of nitrogens with zero attached hydrogens (tertiary/aromatic N) is 2. The van der Waals surface area contributed by atoms with Gasteiger partial charge in [-0.15, -0.1) is 11.3 Å². The van der Waals surface area contributed by atoms with E-state index in [1.54, 1.807) is 7.11 Å². The molecule has 36 heavy (non-hydrogen) atoms. The van der Waals surface area contributed by atoms with Crippen molar-refractivity contribution in [1.29, 1.82) is 0 Å². The molecule has 0 saturated heterocycles. The van der Waals surface area contributed by atoms with Gasteiger partial charge in [-0.05, 0) is 83.6 Å². The molecule has 0 aliphatic heterocycles. The molecular weight excluding hydrogens is 540 g/mol. The molecular formula is C27H33BrN4O3S. The second kappa shape index (κ2) is 10.9. The maximum atomic E-state index is 13.7. The summed E-state index contributed by atoms with van der Waals surface area (Å²) < 4.78 is 9.08. The second-order valence-corrected chi connectivity index (χ2v) is 12.3. The van der Waals surface area contributed by atoms with Crippen LogP contribution in [0.25, 0.3) is 10.3 Å². The molecule has 2 heterocycles. The van der Waals surface area contributed by atoms with Crippen LogP contribution >= 0.6 is 27.3 Å². The number of carbonyl (C=O) groups excluding carboxylic acids is 2. The Bertz CT molecular complexity index is 1220. The predicted octanol–water partition coefficient (Wildman–Crippen LogP) is 5.37. The van der Waals surface area contributed by atoms with E-state index in [4.69, 9.17) is 4.74 Å². The molecule has 2 fully saturated rings. The van der Waals surface area contributed by atoms with Crippen molar-refractivity contribution in [2.75, 3.05) is 13.7 Å². The van der Waals surface area contributed by atoms with Crippen molar-refractivity contribution in [3.8, 4) is 5.75 Å². The van der Waals surface area contributed by atoms with Gasteiger partial charge in [0.25, 0.3) is 5.91 Å². The highest BCUT2D eigenvalue weighted by molar-refractivity contribution is 9.11. The van der Waals surface area contributed by atoms with Crippen molar-refractivity contribution in [3.63, 3.8) is 0 Å². The van der Waals surface area contributed by atoms with Crippen molar-refractivity contribution in [2.45, 2.75) is 58.0 Å². The summed E-state index contributed by atoms with van der Waals surface area (Å²) in [6, 6.07) is 9.97. The number of nitrogens with one attached hydrogen (secondary N) is 2. The topological polar surface area (TPSA) is 85.3 Å². The van der Waals surface area contributed by atoms with E-state index in [1.807, 2.05) is 34.9 Å². The van der Waals surface area contributed by atoms with E-state index in [1.165, 1.54) is 17.8 Å². The van der Waals surface area contributed by atoms with Gasteiger partial charge in [-0.25, -0.2) is 4.98 Å². The highest BCUT2D eigenvalue weighted by atomic mass is 79.9. The normalized spacial score (nSPS) is 23.4. The lowest BCUT2D eigenvalue weighted by molar-refractivity contribution is -0.128. The van der Waals surface area contributed by atoms with E-state index in [0.717, 1.165) is 64.2 Å². The molecule has 5 rings (SSSR count). The molecule has 1 aromatic carbocycles. The molecule has 7 nitrogen and oxygen atoms in total. The SMILES string of the molecule is CCCNC(=O)C1C[C@H]2CCC[C@@H](C1)C2NC(=O)c1cc2sc(Br)nc2n1Cc1ccc(OC)cc1. The lowest BCUT2D eigenvalue weighted by atomic mass is 9.64. The van der Waals surface area contributed by atoms with Gasteiger partial charge in [0.2, 0.25) is 5.91 Å². The smallest absolute Gasteiger partial charge is 0.268 e. The number of hydrogen-bond acceptors (Lipinski definition) is 5. The quantitative estimate of drug-likeness (QED) is 0.380. The van der Waals surface area contributed by atoms with Crippen molar-refractivity contribution in [1.82, 2.24) is 20.2 Å². The molecule has 0 radical (unpaired) electrons. The average Bonchev–Trinajstić information content (AvgIpc) is 3.39. The molecule has 0 spiro atoms. The molecule has 3 aromatic rings. The van der Waals surface area contributed by atoms with Crippen LogP contribution in [0.3, 0.4) is 0 Å². The molecule has 192 valence electrons. The first-order valence-electron chi connectivity index (χ1n) is 12.8. The number of carbonyl (C=O) groups is 2. The van der Waals surface area contributed by atoms with Crippen LogP contribution in [-0.4, -0.2) is 41.1 Å². The summed E-state index contributed by atoms with van der Waals surface area (Å²) in [4.78, 5) is 31.0. The predicted molar refractivity (Wildman–Crippen MR) is 146 cm³/mol. The van der Waals surface area contributed by atoms with Gasteiger partial charge in [0, 0.05) is 25.0 Å². The van der Waals surface area contributed by atoms with Crippen molar-refractivity contribution in [2.24, 2.45) is 17.8 Å². The minimum Gasteiger partial charge on any atom is -0.497 e. The molecule has 2 amide bonds. The highest BCUT2D eigenvalue weighted by Gasteiger charge is 2.43. The summed E-state index contributed by atoms with van der Waals surface area (Å²) in [7, 11) is 1.65. The number of rotatable bonds is 8. The van der Waals surface area contributed by atoms with Gasteiger partial charge in [0.05, 0.1) is 11.8 Å². The average molecular weight is 574 g/mol. The Morgan fingerprint density at radius 1 is 1.19 bits per heavy atom. The van der Waals surface area contributed by atoms with Gasteiger partial charge in [0.1, 0.15) is 11.4 Å². The number of methoxy groups -OCH3 is 1. The van der Waals surface area contributed by atoms with Crippen molar-refractivity contribution in [3.05, 3.63) is 45.5 Å². The van der Waals surface area contributed by atoms with E-state index in [2.05, 4.69) is 38.5 Å². The fraction of sp³-hybridized carbons (Fsp3) is 0.519. The van der Waals surface area contributed by atoms with Crippen LogP contribution in [-0.2, 0) is 11.3 Å². The van der Waals surface area contributed by atoms with Crippen LogP contribution in [0.1, 0.15) is 61.5 Å². The Balaban J connectivity index is 1.36. The summed E-state index contributed by atoms with van der Waals surface area (Å²) in [5, 5.41) is 6.48. The number of halogens is 1. The highest BCUT2D eigenvalue weighted by Crippen LogP contribution is 2.43. The second-order valence-electron chi connectivity index (χ2n) is 10.0. The van der Waals surface area contributed by atoms with Gasteiger partial charge in [-0.3, -0.25) is 9.59 Å². The monoisotopic (exact) mass is 572 g/mol. The summed E-state index contributed by atoms with van der Waals surface area (Å²) >= 11 is 5.03. The van der Waals surface area contributed by atoms with Crippen LogP contribution in [0.4, 0.5) is 0 Å². The fourth-order valence-electron chi connectivity index (χ4n) is 5.97. The zero-order valence-electron chi connectivity index (χ0n) is 20.8. The van der Waals surface area contributed by atoms with Crippen LogP contribution in [0.5, 0.6) is 5.75 Å². The summed E-state index contributed by atoms with van der Waals surface area (Å²) in [5.41, 5.74) is 2.51. The largest absolute Gasteiger partial charge is 0.497 e. The molecule has 2 unspecified atom stereocenters. The fourth-order valence-corrected chi connectivity index (χ4v) is 7.40. The number of amides is 2. The zero-order valence-corrected chi connectivity index (χ0v) is 23.2. The van der Waals surface area contributed by atoms with Gasteiger partial charge in [-0.2, -0.15) is 0 Å². The molecule has 2 aliphatic carbocycles. The summed E-state index contributed by atoms with van der Waals surface area (Å²) in [6.45, 7) is 3.35. The first kappa shape index (κ1) is 25.3. The molecule has 2 N–H and O–H groups in total.